The Bertz CT molecular complexity index is 1000. The number of rotatable bonds is 8. The number of anilines is 3. The molecule has 2 aromatic rings. The molecule has 1 aliphatic heterocycles. The molecule has 1 heterocycles. The summed E-state index contributed by atoms with van der Waals surface area (Å²) < 4.78 is 0. The molecule has 0 spiro atoms. The number of amides is 4. The SMILES string of the molecule is CCN(CC)c1ccc(/C=C2/C(=O)NC(=O)N(c3ccc(N(CC)CC)cc3)C2=O)cc1. The molecular formula is C25H30N4O3. The minimum atomic E-state index is -0.746. The monoisotopic (exact) mass is 434 g/mol. The highest BCUT2D eigenvalue weighted by atomic mass is 16.2. The summed E-state index contributed by atoms with van der Waals surface area (Å²) in [7, 11) is 0. The van der Waals surface area contributed by atoms with Gasteiger partial charge < -0.3 is 9.80 Å². The highest BCUT2D eigenvalue weighted by Crippen LogP contribution is 2.25. The van der Waals surface area contributed by atoms with Crippen molar-refractivity contribution in [2.45, 2.75) is 27.7 Å². The molecule has 0 saturated carbocycles. The number of hydrogen-bond donors (Lipinski definition) is 1. The standard InChI is InChI=1S/C25H30N4O3/c1-5-27(6-2)19-11-9-18(10-12-19)17-22-23(30)26-25(32)29(24(22)31)21-15-13-20(14-16-21)28(7-3)8-4/h9-17H,5-8H2,1-4H3,(H,26,30,32)/b22-17-. The average molecular weight is 435 g/mol. The molecule has 2 aromatic carbocycles. The molecule has 1 N–H and O–H groups in total. The molecule has 3 rings (SSSR count). The molecule has 0 radical (unpaired) electrons. The summed E-state index contributed by atoms with van der Waals surface area (Å²) in [6, 6.07) is 14.1. The van der Waals surface area contributed by atoms with Crippen LogP contribution in [0.2, 0.25) is 0 Å². The Kier molecular flexibility index (Phi) is 7.30. The van der Waals surface area contributed by atoms with Gasteiger partial charge in [-0.2, -0.15) is 0 Å². The summed E-state index contributed by atoms with van der Waals surface area (Å²) in [4.78, 5) is 43.4. The van der Waals surface area contributed by atoms with Crippen molar-refractivity contribution < 1.29 is 14.4 Å². The minimum absolute atomic E-state index is 0.0759. The predicted octanol–water partition coefficient (Wildman–Crippen LogP) is 4.05. The molecule has 0 aliphatic carbocycles. The third-order valence-corrected chi connectivity index (χ3v) is 5.67. The second kappa shape index (κ2) is 10.1. The molecule has 0 atom stereocenters. The summed E-state index contributed by atoms with van der Waals surface area (Å²) in [5.74, 6) is -1.33. The van der Waals surface area contributed by atoms with Crippen LogP contribution in [0, 0.1) is 0 Å². The number of hydrogen-bond acceptors (Lipinski definition) is 5. The number of nitrogens with one attached hydrogen (secondary N) is 1. The molecule has 0 bridgehead atoms. The lowest BCUT2D eigenvalue weighted by atomic mass is 10.1. The summed E-state index contributed by atoms with van der Waals surface area (Å²) in [5, 5.41) is 2.28. The number of carbonyl (C=O) groups excluding carboxylic acids is 3. The van der Waals surface area contributed by atoms with Crippen LogP contribution >= 0.6 is 0 Å². The van der Waals surface area contributed by atoms with Gasteiger partial charge in [0.1, 0.15) is 5.57 Å². The van der Waals surface area contributed by atoms with Gasteiger partial charge >= 0.3 is 6.03 Å². The minimum Gasteiger partial charge on any atom is -0.372 e. The number of benzene rings is 2. The van der Waals surface area contributed by atoms with Crippen molar-refractivity contribution in [3.63, 3.8) is 0 Å². The normalized spacial score (nSPS) is 15.2. The maximum atomic E-state index is 13.1. The van der Waals surface area contributed by atoms with Crippen LogP contribution in [-0.4, -0.2) is 44.0 Å². The number of barbiturate groups is 1. The zero-order chi connectivity index (χ0) is 23.3. The number of nitrogens with zero attached hydrogens (tertiary/aromatic N) is 3. The molecule has 168 valence electrons. The van der Waals surface area contributed by atoms with Gasteiger partial charge in [-0.05, 0) is 75.7 Å². The van der Waals surface area contributed by atoms with Gasteiger partial charge in [-0.25, -0.2) is 9.69 Å². The van der Waals surface area contributed by atoms with Crippen molar-refractivity contribution in [3.05, 3.63) is 59.7 Å². The predicted molar refractivity (Wildman–Crippen MR) is 129 cm³/mol. The highest BCUT2D eigenvalue weighted by molar-refractivity contribution is 6.39. The second-order valence-corrected chi connectivity index (χ2v) is 7.41. The highest BCUT2D eigenvalue weighted by Gasteiger charge is 2.36. The lowest BCUT2D eigenvalue weighted by Gasteiger charge is -2.27. The Morgan fingerprint density at radius 1 is 0.750 bits per heavy atom. The molecule has 4 amide bonds. The van der Waals surface area contributed by atoms with Gasteiger partial charge in [-0.15, -0.1) is 0 Å². The fourth-order valence-corrected chi connectivity index (χ4v) is 3.83. The summed E-state index contributed by atoms with van der Waals surface area (Å²) in [6.07, 6.45) is 1.52. The van der Waals surface area contributed by atoms with Crippen molar-refractivity contribution in [1.82, 2.24) is 5.32 Å². The van der Waals surface area contributed by atoms with Gasteiger partial charge in [0.2, 0.25) is 0 Å². The molecule has 7 heteroatoms. The Hall–Kier alpha value is -3.61. The van der Waals surface area contributed by atoms with Crippen LogP contribution in [0.4, 0.5) is 21.9 Å². The third kappa shape index (κ3) is 4.66. The van der Waals surface area contributed by atoms with E-state index in [2.05, 4.69) is 42.8 Å². The van der Waals surface area contributed by atoms with E-state index in [0.717, 1.165) is 42.5 Å². The van der Waals surface area contributed by atoms with Crippen LogP contribution < -0.4 is 20.0 Å². The van der Waals surface area contributed by atoms with Gasteiger partial charge in [-0.3, -0.25) is 14.9 Å². The fourth-order valence-electron chi connectivity index (χ4n) is 3.83. The van der Waals surface area contributed by atoms with E-state index >= 15 is 0 Å². The first kappa shape index (κ1) is 23.1. The van der Waals surface area contributed by atoms with Crippen molar-refractivity contribution >= 4 is 41.0 Å². The topological polar surface area (TPSA) is 73.0 Å². The summed E-state index contributed by atoms with van der Waals surface area (Å²) >= 11 is 0. The van der Waals surface area contributed by atoms with Gasteiger partial charge in [-0.1, -0.05) is 12.1 Å². The van der Waals surface area contributed by atoms with Crippen LogP contribution in [0.25, 0.3) is 6.08 Å². The molecule has 0 aromatic heterocycles. The van der Waals surface area contributed by atoms with Crippen molar-refractivity contribution in [2.75, 3.05) is 40.9 Å². The van der Waals surface area contributed by atoms with Gasteiger partial charge in [0, 0.05) is 37.6 Å². The van der Waals surface area contributed by atoms with E-state index in [4.69, 9.17) is 0 Å². The largest absolute Gasteiger partial charge is 0.372 e. The second-order valence-electron chi connectivity index (χ2n) is 7.41. The molecule has 1 aliphatic rings. The van der Waals surface area contributed by atoms with Crippen LogP contribution in [0.1, 0.15) is 33.3 Å². The maximum absolute atomic E-state index is 13.1. The molecule has 1 saturated heterocycles. The number of imide groups is 2. The quantitative estimate of drug-likeness (QED) is 0.501. The Morgan fingerprint density at radius 2 is 1.22 bits per heavy atom. The third-order valence-electron chi connectivity index (χ3n) is 5.67. The first-order valence-electron chi connectivity index (χ1n) is 11.0. The Morgan fingerprint density at radius 3 is 1.69 bits per heavy atom. The van der Waals surface area contributed by atoms with Gasteiger partial charge in [0.15, 0.2) is 0 Å². The van der Waals surface area contributed by atoms with Crippen molar-refractivity contribution in [3.8, 4) is 0 Å². The van der Waals surface area contributed by atoms with Crippen LogP contribution in [-0.2, 0) is 9.59 Å². The Balaban J connectivity index is 1.88. The smallest absolute Gasteiger partial charge is 0.335 e. The van der Waals surface area contributed by atoms with Gasteiger partial charge in [0.05, 0.1) is 5.69 Å². The zero-order valence-electron chi connectivity index (χ0n) is 19.1. The lowest BCUT2D eigenvalue weighted by Crippen LogP contribution is -2.54. The van der Waals surface area contributed by atoms with Crippen LogP contribution in [0.5, 0.6) is 0 Å². The van der Waals surface area contributed by atoms with E-state index < -0.39 is 17.8 Å². The van der Waals surface area contributed by atoms with E-state index in [0.29, 0.717) is 11.3 Å². The average Bonchev–Trinajstić information content (AvgIpc) is 2.80. The number of urea groups is 1. The van der Waals surface area contributed by atoms with E-state index in [1.54, 1.807) is 12.1 Å². The first-order valence-corrected chi connectivity index (χ1v) is 11.0. The Labute approximate surface area is 189 Å². The van der Waals surface area contributed by atoms with Crippen LogP contribution in [0.3, 0.4) is 0 Å². The van der Waals surface area contributed by atoms with Crippen LogP contribution in [0.15, 0.2) is 54.1 Å². The molecule has 0 unspecified atom stereocenters. The van der Waals surface area contributed by atoms with E-state index in [9.17, 15) is 14.4 Å². The zero-order valence-corrected chi connectivity index (χ0v) is 19.1. The lowest BCUT2D eigenvalue weighted by molar-refractivity contribution is -0.122. The van der Waals surface area contributed by atoms with E-state index in [1.807, 2.05) is 36.4 Å². The van der Waals surface area contributed by atoms with Crippen molar-refractivity contribution in [2.24, 2.45) is 0 Å². The summed E-state index contributed by atoms with van der Waals surface area (Å²) in [6.45, 7) is 11.8. The van der Waals surface area contributed by atoms with E-state index in [1.165, 1.54) is 6.08 Å². The maximum Gasteiger partial charge on any atom is 0.335 e. The molecule has 32 heavy (non-hydrogen) atoms. The van der Waals surface area contributed by atoms with E-state index in [-0.39, 0.29) is 5.57 Å². The molecule has 7 nitrogen and oxygen atoms in total. The first-order chi connectivity index (χ1) is 15.4. The molecule has 1 fully saturated rings. The summed E-state index contributed by atoms with van der Waals surface area (Å²) in [5.41, 5.74) is 3.13. The fraction of sp³-hybridized carbons (Fsp3) is 0.320. The van der Waals surface area contributed by atoms with Crippen molar-refractivity contribution in [1.29, 1.82) is 0 Å². The number of carbonyl (C=O) groups is 3. The van der Waals surface area contributed by atoms with Gasteiger partial charge in [0.25, 0.3) is 11.8 Å². The molecular weight excluding hydrogens is 404 g/mol.